The molecule has 0 amide bonds. The van der Waals surface area contributed by atoms with Gasteiger partial charge in [0, 0.05) is 18.8 Å². The van der Waals surface area contributed by atoms with Crippen molar-refractivity contribution >= 4 is 22.9 Å². The molecule has 6 nitrogen and oxygen atoms in total. The van der Waals surface area contributed by atoms with Gasteiger partial charge in [-0.3, -0.25) is 4.57 Å². The Morgan fingerprint density at radius 1 is 1.05 bits per heavy atom. The van der Waals surface area contributed by atoms with E-state index in [0.29, 0.717) is 5.95 Å². The molecule has 2 aromatic heterocycles. The molecule has 3 aromatic rings. The number of rotatable bonds is 6. The molecule has 0 aliphatic carbocycles. The highest BCUT2D eigenvalue weighted by Gasteiger charge is 2.13. The molecule has 0 aliphatic rings. The molecule has 0 aliphatic heterocycles. The molecule has 114 valence electrons. The summed E-state index contributed by atoms with van der Waals surface area (Å²) in [6, 6.07) is 10.1. The minimum Gasteiger partial charge on any atom is -0.368 e. The molecule has 0 unspecified atom stereocenters. The molecule has 6 heteroatoms. The third kappa shape index (κ3) is 2.72. The zero-order valence-corrected chi connectivity index (χ0v) is 12.9. The van der Waals surface area contributed by atoms with Crippen LogP contribution in [0.4, 0.5) is 11.8 Å². The molecule has 3 rings (SSSR count). The highest BCUT2D eigenvalue weighted by molar-refractivity contribution is 5.85. The van der Waals surface area contributed by atoms with E-state index in [1.54, 1.807) is 6.33 Å². The number of aromatic nitrogens is 4. The van der Waals surface area contributed by atoms with Crippen molar-refractivity contribution < 1.29 is 0 Å². The highest BCUT2D eigenvalue weighted by Crippen LogP contribution is 2.23. The molecular formula is C16H20N6. The van der Waals surface area contributed by atoms with Gasteiger partial charge >= 0.3 is 0 Å². The molecule has 0 saturated carbocycles. The van der Waals surface area contributed by atoms with Crippen molar-refractivity contribution in [1.82, 2.24) is 19.5 Å². The Balaban J connectivity index is 2.13. The average Bonchev–Trinajstić information content (AvgIpc) is 2.98. The molecule has 1 aromatic carbocycles. The van der Waals surface area contributed by atoms with E-state index in [2.05, 4.69) is 32.5 Å². The van der Waals surface area contributed by atoms with Crippen LogP contribution < -0.4 is 10.6 Å². The van der Waals surface area contributed by atoms with Gasteiger partial charge in [0.1, 0.15) is 6.33 Å². The van der Waals surface area contributed by atoms with E-state index in [4.69, 9.17) is 0 Å². The summed E-state index contributed by atoms with van der Waals surface area (Å²) in [7, 11) is 0. The third-order valence-corrected chi connectivity index (χ3v) is 3.31. The number of nitrogens with zero attached hydrogens (tertiary/aromatic N) is 4. The van der Waals surface area contributed by atoms with E-state index in [1.165, 1.54) is 0 Å². The van der Waals surface area contributed by atoms with Crippen molar-refractivity contribution in [2.75, 3.05) is 23.7 Å². The number of fused-ring (bicyclic) bond motifs is 1. The van der Waals surface area contributed by atoms with Crippen LogP contribution in [-0.2, 0) is 0 Å². The maximum absolute atomic E-state index is 4.61. The van der Waals surface area contributed by atoms with Gasteiger partial charge < -0.3 is 10.6 Å². The van der Waals surface area contributed by atoms with Gasteiger partial charge in [-0.05, 0) is 25.5 Å². The van der Waals surface area contributed by atoms with Crippen molar-refractivity contribution in [3.8, 4) is 5.69 Å². The lowest BCUT2D eigenvalue weighted by Crippen LogP contribution is -2.08. The summed E-state index contributed by atoms with van der Waals surface area (Å²) in [4.78, 5) is 13.6. The zero-order valence-electron chi connectivity index (χ0n) is 12.9. The van der Waals surface area contributed by atoms with Crippen molar-refractivity contribution in [3.05, 3.63) is 36.7 Å². The second kappa shape index (κ2) is 6.43. The number of para-hydroxylation sites is 1. The summed E-state index contributed by atoms with van der Waals surface area (Å²) in [5.74, 6) is 1.39. The Morgan fingerprint density at radius 3 is 2.59 bits per heavy atom. The monoisotopic (exact) mass is 296 g/mol. The molecule has 2 N–H and O–H groups in total. The first-order chi connectivity index (χ1) is 10.8. The Morgan fingerprint density at radius 2 is 1.86 bits per heavy atom. The summed E-state index contributed by atoms with van der Waals surface area (Å²) in [6.45, 7) is 5.79. The Labute approximate surface area is 129 Å². The van der Waals surface area contributed by atoms with Crippen LogP contribution in [-0.4, -0.2) is 32.6 Å². The van der Waals surface area contributed by atoms with Crippen molar-refractivity contribution in [2.45, 2.75) is 20.3 Å². The van der Waals surface area contributed by atoms with E-state index in [1.807, 2.05) is 41.8 Å². The van der Waals surface area contributed by atoms with Gasteiger partial charge in [-0.25, -0.2) is 4.98 Å². The fourth-order valence-electron chi connectivity index (χ4n) is 2.28. The third-order valence-electron chi connectivity index (χ3n) is 3.31. The molecule has 22 heavy (non-hydrogen) atoms. The smallest absolute Gasteiger partial charge is 0.226 e. The van der Waals surface area contributed by atoms with Crippen LogP contribution in [0.2, 0.25) is 0 Å². The molecule has 2 heterocycles. The summed E-state index contributed by atoms with van der Waals surface area (Å²) in [6.07, 6.45) is 2.82. The first-order valence-electron chi connectivity index (χ1n) is 7.61. The summed E-state index contributed by atoms with van der Waals surface area (Å²) >= 11 is 0. The number of benzene rings is 1. The zero-order chi connectivity index (χ0) is 15.4. The van der Waals surface area contributed by atoms with Crippen LogP contribution in [0.25, 0.3) is 16.9 Å². The predicted molar refractivity (Wildman–Crippen MR) is 89.6 cm³/mol. The van der Waals surface area contributed by atoms with E-state index in [9.17, 15) is 0 Å². The SMILES string of the molecule is CCCNc1nc(NCC)nc2c1ncn2-c1ccccc1. The molecule has 0 saturated heterocycles. The molecule has 0 radical (unpaired) electrons. The van der Waals surface area contributed by atoms with Gasteiger partial charge in [0.25, 0.3) is 0 Å². The van der Waals surface area contributed by atoms with Crippen molar-refractivity contribution in [2.24, 2.45) is 0 Å². The van der Waals surface area contributed by atoms with Gasteiger partial charge in [0.15, 0.2) is 17.0 Å². The Bertz CT molecular complexity index is 750. The first-order valence-corrected chi connectivity index (χ1v) is 7.61. The second-order valence-electron chi connectivity index (χ2n) is 4.98. The number of nitrogens with one attached hydrogen (secondary N) is 2. The summed E-state index contributed by atoms with van der Waals surface area (Å²) in [5.41, 5.74) is 2.63. The predicted octanol–water partition coefficient (Wildman–Crippen LogP) is 3.07. The number of imidazole rings is 1. The Hall–Kier alpha value is -2.63. The van der Waals surface area contributed by atoms with Crippen molar-refractivity contribution in [1.29, 1.82) is 0 Å². The van der Waals surface area contributed by atoms with Crippen LogP contribution in [0.3, 0.4) is 0 Å². The van der Waals surface area contributed by atoms with Gasteiger partial charge in [-0.2, -0.15) is 9.97 Å². The number of hydrogen-bond acceptors (Lipinski definition) is 5. The van der Waals surface area contributed by atoms with Crippen LogP contribution in [0, 0.1) is 0 Å². The van der Waals surface area contributed by atoms with Crippen LogP contribution in [0.5, 0.6) is 0 Å². The van der Waals surface area contributed by atoms with E-state index in [-0.39, 0.29) is 0 Å². The summed E-state index contributed by atoms with van der Waals surface area (Å²) < 4.78 is 1.98. The quantitative estimate of drug-likeness (QED) is 0.731. The first kappa shape index (κ1) is 14.3. The van der Waals surface area contributed by atoms with Gasteiger partial charge in [-0.15, -0.1) is 0 Å². The lowest BCUT2D eigenvalue weighted by Gasteiger charge is -2.09. The lowest BCUT2D eigenvalue weighted by molar-refractivity contribution is 0.966. The van der Waals surface area contributed by atoms with Gasteiger partial charge in [0.2, 0.25) is 5.95 Å². The molecule has 0 spiro atoms. The minimum absolute atomic E-state index is 0.617. The van der Waals surface area contributed by atoms with Crippen molar-refractivity contribution in [3.63, 3.8) is 0 Å². The minimum atomic E-state index is 0.617. The van der Waals surface area contributed by atoms with Gasteiger partial charge in [0.05, 0.1) is 0 Å². The topological polar surface area (TPSA) is 67.7 Å². The molecule has 0 bridgehead atoms. The van der Waals surface area contributed by atoms with E-state index >= 15 is 0 Å². The number of anilines is 2. The highest BCUT2D eigenvalue weighted by atomic mass is 15.2. The average molecular weight is 296 g/mol. The standard InChI is InChI=1S/C16H20N6/c1-3-10-18-14-13-15(21-16(20-14)17-4-2)22(11-19-13)12-8-6-5-7-9-12/h5-9,11H,3-4,10H2,1-2H3,(H2,17,18,20,21). The second-order valence-corrected chi connectivity index (χ2v) is 4.98. The molecule has 0 atom stereocenters. The van der Waals surface area contributed by atoms with Crippen LogP contribution in [0.15, 0.2) is 36.7 Å². The normalized spacial score (nSPS) is 10.8. The lowest BCUT2D eigenvalue weighted by atomic mass is 10.3. The largest absolute Gasteiger partial charge is 0.368 e. The Kier molecular flexibility index (Phi) is 4.18. The van der Waals surface area contributed by atoms with E-state index < -0.39 is 0 Å². The van der Waals surface area contributed by atoms with E-state index in [0.717, 1.165) is 42.2 Å². The maximum atomic E-state index is 4.61. The van der Waals surface area contributed by atoms with Crippen LogP contribution >= 0.6 is 0 Å². The van der Waals surface area contributed by atoms with Crippen LogP contribution in [0.1, 0.15) is 20.3 Å². The molecule has 0 fully saturated rings. The maximum Gasteiger partial charge on any atom is 0.226 e. The summed E-state index contributed by atoms with van der Waals surface area (Å²) in [5, 5.41) is 6.52. The van der Waals surface area contributed by atoms with Gasteiger partial charge in [-0.1, -0.05) is 25.1 Å². The number of hydrogen-bond donors (Lipinski definition) is 2. The fourth-order valence-corrected chi connectivity index (χ4v) is 2.28. The molecular weight excluding hydrogens is 276 g/mol. The fraction of sp³-hybridized carbons (Fsp3) is 0.312.